The molecule has 2 atom stereocenters. The van der Waals surface area contributed by atoms with E-state index < -0.39 is 17.5 Å². The number of carbonyl (C=O) groups excluding carboxylic acids is 2. The standard InChI is InChI=1S/C28H37F3N6O3/c1-5-19-17-36(26(39)27(3,4)28(29,30)31)14-15-37(19)22-10-9-21(20-8-7-12-33-25(20)40-6-2)35-23(22)24(38)34-18-11-13-32-16-18/h7-10,12,18-19,32H,5-6,11,13-17H2,1-4H3,(H,34,38)/t18-,19-/m1/s1. The molecule has 4 rings (SSSR count). The minimum absolute atomic E-state index is 0.0378. The summed E-state index contributed by atoms with van der Waals surface area (Å²) in [4.78, 5) is 38.9. The Kier molecular flexibility index (Phi) is 8.86. The Balaban J connectivity index is 1.68. The van der Waals surface area contributed by atoms with Crippen LogP contribution in [0.25, 0.3) is 11.3 Å². The van der Waals surface area contributed by atoms with Gasteiger partial charge in [0.05, 0.1) is 23.6 Å². The highest BCUT2D eigenvalue weighted by molar-refractivity contribution is 5.99. The minimum Gasteiger partial charge on any atom is -0.477 e. The van der Waals surface area contributed by atoms with Gasteiger partial charge >= 0.3 is 6.18 Å². The van der Waals surface area contributed by atoms with Crippen molar-refractivity contribution in [2.75, 3.05) is 44.2 Å². The van der Waals surface area contributed by atoms with Gasteiger partial charge < -0.3 is 25.2 Å². The summed E-state index contributed by atoms with van der Waals surface area (Å²) in [6, 6.07) is 6.86. The van der Waals surface area contributed by atoms with Crippen LogP contribution < -0.4 is 20.3 Å². The number of hydrogen-bond donors (Lipinski definition) is 2. The number of halogens is 3. The van der Waals surface area contributed by atoms with Crippen LogP contribution in [-0.4, -0.2) is 84.3 Å². The largest absolute Gasteiger partial charge is 0.477 e. The van der Waals surface area contributed by atoms with Crippen molar-refractivity contribution in [2.24, 2.45) is 5.41 Å². The molecular formula is C28H37F3N6O3. The molecule has 0 radical (unpaired) electrons. The molecule has 2 aromatic rings. The second-order valence-corrected chi connectivity index (χ2v) is 10.6. The summed E-state index contributed by atoms with van der Waals surface area (Å²) >= 11 is 0. The van der Waals surface area contributed by atoms with E-state index in [9.17, 15) is 22.8 Å². The number of alkyl halides is 3. The molecule has 2 amide bonds. The number of ether oxygens (including phenoxy) is 1. The van der Waals surface area contributed by atoms with Crippen LogP contribution in [0.2, 0.25) is 0 Å². The van der Waals surface area contributed by atoms with Gasteiger partial charge in [-0.05, 0) is 64.4 Å². The number of hydrogen-bond acceptors (Lipinski definition) is 7. The van der Waals surface area contributed by atoms with E-state index in [1.807, 2.05) is 30.9 Å². The second kappa shape index (κ2) is 12.0. The van der Waals surface area contributed by atoms with Crippen LogP contribution in [-0.2, 0) is 4.79 Å². The molecule has 0 unspecified atom stereocenters. The quantitative estimate of drug-likeness (QED) is 0.507. The van der Waals surface area contributed by atoms with E-state index in [2.05, 4.69) is 15.6 Å². The van der Waals surface area contributed by atoms with Crippen molar-refractivity contribution in [3.63, 3.8) is 0 Å². The summed E-state index contributed by atoms with van der Waals surface area (Å²) in [5.74, 6) is -0.875. The van der Waals surface area contributed by atoms with Gasteiger partial charge in [-0.3, -0.25) is 9.59 Å². The van der Waals surface area contributed by atoms with E-state index in [-0.39, 0.29) is 43.3 Å². The summed E-state index contributed by atoms with van der Waals surface area (Å²) in [5, 5.41) is 6.29. The predicted octanol–water partition coefficient (Wildman–Crippen LogP) is 3.65. The van der Waals surface area contributed by atoms with Crippen molar-refractivity contribution in [3.05, 3.63) is 36.2 Å². The zero-order chi connectivity index (χ0) is 29.1. The van der Waals surface area contributed by atoms with Crippen molar-refractivity contribution in [2.45, 2.75) is 58.8 Å². The van der Waals surface area contributed by atoms with E-state index in [0.29, 0.717) is 42.4 Å². The molecule has 2 saturated heterocycles. The molecule has 2 aromatic heterocycles. The molecule has 40 heavy (non-hydrogen) atoms. The van der Waals surface area contributed by atoms with Crippen LogP contribution in [0.1, 0.15) is 51.0 Å². The molecule has 2 N–H and O–H groups in total. The number of nitrogens with zero attached hydrogens (tertiary/aromatic N) is 4. The highest BCUT2D eigenvalue weighted by Gasteiger charge is 2.55. The SMILES string of the molecule is CCOc1ncccc1-c1ccc(N2CCN(C(=O)C(C)(C)C(F)(F)F)C[C@H]2CC)c(C(=O)N[C@@H]2CCNC2)n1. The first kappa shape index (κ1) is 29.6. The first-order valence-corrected chi connectivity index (χ1v) is 13.7. The molecule has 0 spiro atoms. The molecule has 0 aliphatic carbocycles. The number of piperazine rings is 1. The van der Waals surface area contributed by atoms with Crippen LogP contribution in [0.4, 0.5) is 18.9 Å². The zero-order valence-electron chi connectivity index (χ0n) is 23.3. The van der Waals surface area contributed by atoms with E-state index in [0.717, 1.165) is 26.8 Å². The van der Waals surface area contributed by atoms with Gasteiger partial charge in [0, 0.05) is 44.5 Å². The summed E-state index contributed by atoms with van der Waals surface area (Å²) in [7, 11) is 0. The number of aromatic nitrogens is 2. The Morgan fingerprint density at radius 2 is 1.95 bits per heavy atom. The lowest BCUT2D eigenvalue weighted by Gasteiger charge is -2.45. The number of nitrogens with one attached hydrogen (secondary N) is 2. The summed E-state index contributed by atoms with van der Waals surface area (Å²) in [6.07, 6.45) is -1.68. The lowest BCUT2D eigenvalue weighted by Crippen LogP contribution is -2.59. The third kappa shape index (κ3) is 6.01. The number of pyridine rings is 2. The summed E-state index contributed by atoms with van der Waals surface area (Å²) in [5.41, 5.74) is -0.542. The molecule has 0 bridgehead atoms. The maximum Gasteiger partial charge on any atom is 0.402 e. The fraction of sp³-hybridized carbons (Fsp3) is 0.571. The number of rotatable bonds is 8. The second-order valence-electron chi connectivity index (χ2n) is 10.6. The number of carbonyl (C=O) groups is 2. The third-order valence-corrected chi connectivity index (χ3v) is 7.61. The molecular weight excluding hydrogens is 525 g/mol. The van der Waals surface area contributed by atoms with E-state index in [4.69, 9.17) is 9.72 Å². The lowest BCUT2D eigenvalue weighted by molar-refractivity contribution is -0.217. The van der Waals surface area contributed by atoms with Crippen molar-refractivity contribution in [1.82, 2.24) is 25.5 Å². The number of anilines is 1. The van der Waals surface area contributed by atoms with Gasteiger partial charge in [-0.25, -0.2) is 9.97 Å². The van der Waals surface area contributed by atoms with Gasteiger partial charge in [-0.15, -0.1) is 0 Å². The zero-order valence-corrected chi connectivity index (χ0v) is 23.3. The van der Waals surface area contributed by atoms with E-state index in [1.54, 1.807) is 18.3 Å². The van der Waals surface area contributed by atoms with Crippen molar-refractivity contribution in [3.8, 4) is 17.1 Å². The summed E-state index contributed by atoms with van der Waals surface area (Å²) < 4.78 is 46.5. The predicted molar refractivity (Wildman–Crippen MR) is 145 cm³/mol. The van der Waals surface area contributed by atoms with Gasteiger partial charge in [0.1, 0.15) is 5.41 Å². The summed E-state index contributed by atoms with van der Waals surface area (Å²) in [6.45, 7) is 7.96. The van der Waals surface area contributed by atoms with Crippen LogP contribution in [0.3, 0.4) is 0 Å². The van der Waals surface area contributed by atoms with Crippen molar-refractivity contribution in [1.29, 1.82) is 0 Å². The fourth-order valence-electron chi connectivity index (χ4n) is 5.09. The Morgan fingerprint density at radius 1 is 1.18 bits per heavy atom. The van der Waals surface area contributed by atoms with Gasteiger partial charge in [0.25, 0.3) is 5.91 Å². The van der Waals surface area contributed by atoms with Gasteiger partial charge in [0.2, 0.25) is 11.8 Å². The lowest BCUT2D eigenvalue weighted by atomic mass is 9.90. The third-order valence-electron chi connectivity index (χ3n) is 7.61. The average Bonchev–Trinajstić information content (AvgIpc) is 3.45. The molecule has 4 heterocycles. The van der Waals surface area contributed by atoms with Gasteiger partial charge in [0.15, 0.2) is 5.69 Å². The smallest absolute Gasteiger partial charge is 0.402 e. The Hall–Kier alpha value is -3.41. The van der Waals surface area contributed by atoms with Crippen LogP contribution in [0, 0.1) is 5.41 Å². The monoisotopic (exact) mass is 562 g/mol. The Bertz CT molecular complexity index is 1220. The molecule has 2 fully saturated rings. The first-order chi connectivity index (χ1) is 19.0. The van der Waals surface area contributed by atoms with Crippen LogP contribution >= 0.6 is 0 Å². The van der Waals surface area contributed by atoms with E-state index >= 15 is 0 Å². The van der Waals surface area contributed by atoms with Crippen molar-refractivity contribution >= 4 is 17.5 Å². The fourth-order valence-corrected chi connectivity index (χ4v) is 5.09. The normalized spacial score (nSPS) is 20.0. The van der Waals surface area contributed by atoms with Crippen LogP contribution in [0.5, 0.6) is 5.88 Å². The molecule has 0 saturated carbocycles. The van der Waals surface area contributed by atoms with E-state index in [1.165, 1.54) is 4.90 Å². The topological polar surface area (TPSA) is 99.7 Å². The van der Waals surface area contributed by atoms with Gasteiger partial charge in [-0.2, -0.15) is 13.2 Å². The molecule has 2 aliphatic heterocycles. The number of amides is 2. The highest BCUT2D eigenvalue weighted by Crippen LogP contribution is 2.40. The Morgan fingerprint density at radius 3 is 2.60 bits per heavy atom. The molecule has 218 valence electrons. The Labute approximate surface area is 232 Å². The molecule has 0 aromatic carbocycles. The molecule has 12 heteroatoms. The average molecular weight is 563 g/mol. The molecule has 2 aliphatic rings. The molecule has 9 nitrogen and oxygen atoms in total. The maximum absolute atomic E-state index is 13.6. The van der Waals surface area contributed by atoms with Gasteiger partial charge in [-0.1, -0.05) is 6.92 Å². The first-order valence-electron chi connectivity index (χ1n) is 13.7. The minimum atomic E-state index is -4.66. The van der Waals surface area contributed by atoms with Crippen LogP contribution in [0.15, 0.2) is 30.5 Å². The highest BCUT2D eigenvalue weighted by atomic mass is 19.4. The maximum atomic E-state index is 13.6. The van der Waals surface area contributed by atoms with Crippen molar-refractivity contribution < 1.29 is 27.5 Å².